The monoisotopic (exact) mass is 472 g/mol. The van der Waals surface area contributed by atoms with E-state index in [9.17, 15) is 4.79 Å². The molecule has 1 amide bonds. The van der Waals surface area contributed by atoms with E-state index in [1.54, 1.807) is 31.3 Å². The zero-order chi connectivity index (χ0) is 21.1. The lowest BCUT2D eigenvalue weighted by Crippen LogP contribution is -2.49. The van der Waals surface area contributed by atoms with Crippen LogP contribution in [0, 0.1) is 0 Å². The molecule has 0 aliphatic carbocycles. The van der Waals surface area contributed by atoms with Crippen molar-refractivity contribution in [2.24, 2.45) is 0 Å². The van der Waals surface area contributed by atoms with Crippen molar-refractivity contribution in [3.63, 3.8) is 0 Å². The molecule has 4 rings (SSSR count). The number of amides is 1. The van der Waals surface area contributed by atoms with Crippen LogP contribution in [0.3, 0.4) is 0 Å². The van der Waals surface area contributed by atoms with Gasteiger partial charge in [0.05, 0.1) is 19.9 Å². The van der Waals surface area contributed by atoms with Crippen molar-refractivity contribution in [1.82, 2.24) is 15.1 Å². The standard InChI is InChI=1S/C21H21BrN4O4/c1-28-14-3-5-17(29-2)15(13-14)16-4-8-20(24-23-16)25-9-11-26(12-10-25)21(27)18-6-7-19(22)30-18/h3-8,13H,9-12H2,1-2H3. The largest absolute Gasteiger partial charge is 0.497 e. The van der Waals surface area contributed by atoms with Crippen LogP contribution in [0.2, 0.25) is 0 Å². The highest BCUT2D eigenvalue weighted by atomic mass is 79.9. The van der Waals surface area contributed by atoms with Gasteiger partial charge in [-0.3, -0.25) is 4.79 Å². The van der Waals surface area contributed by atoms with Gasteiger partial charge >= 0.3 is 0 Å². The van der Waals surface area contributed by atoms with E-state index in [1.165, 1.54) is 0 Å². The van der Waals surface area contributed by atoms with Crippen LogP contribution >= 0.6 is 15.9 Å². The van der Waals surface area contributed by atoms with Crippen LogP contribution < -0.4 is 14.4 Å². The second-order valence-electron chi connectivity index (χ2n) is 6.73. The number of ether oxygens (including phenoxy) is 2. The van der Waals surface area contributed by atoms with Crippen molar-refractivity contribution < 1.29 is 18.7 Å². The highest BCUT2D eigenvalue weighted by Gasteiger charge is 2.25. The first kappa shape index (κ1) is 20.2. The minimum Gasteiger partial charge on any atom is -0.497 e. The molecule has 2 aromatic heterocycles. The molecule has 0 saturated carbocycles. The van der Waals surface area contributed by atoms with Gasteiger partial charge in [-0.05, 0) is 58.4 Å². The fourth-order valence-corrected chi connectivity index (χ4v) is 3.68. The number of anilines is 1. The van der Waals surface area contributed by atoms with Crippen molar-refractivity contribution >= 4 is 27.7 Å². The topological polar surface area (TPSA) is 80.9 Å². The summed E-state index contributed by atoms with van der Waals surface area (Å²) in [7, 11) is 3.24. The lowest BCUT2D eigenvalue weighted by molar-refractivity contribution is 0.0713. The maximum Gasteiger partial charge on any atom is 0.289 e. The fraction of sp³-hybridized carbons (Fsp3) is 0.286. The van der Waals surface area contributed by atoms with Crippen LogP contribution in [-0.4, -0.2) is 61.4 Å². The number of nitrogens with zero attached hydrogens (tertiary/aromatic N) is 4. The Morgan fingerprint density at radius 3 is 2.40 bits per heavy atom. The van der Waals surface area contributed by atoms with Gasteiger partial charge in [0.2, 0.25) is 0 Å². The van der Waals surface area contributed by atoms with Crippen LogP contribution in [0.1, 0.15) is 10.6 Å². The Morgan fingerprint density at radius 1 is 1.00 bits per heavy atom. The number of aromatic nitrogens is 2. The highest BCUT2D eigenvalue weighted by Crippen LogP contribution is 2.32. The predicted molar refractivity (Wildman–Crippen MR) is 115 cm³/mol. The van der Waals surface area contributed by atoms with Crippen LogP contribution in [0.15, 0.2) is 51.6 Å². The molecule has 1 saturated heterocycles. The minimum absolute atomic E-state index is 0.105. The molecule has 30 heavy (non-hydrogen) atoms. The van der Waals surface area contributed by atoms with Gasteiger partial charge < -0.3 is 23.7 Å². The average Bonchev–Trinajstić information content (AvgIpc) is 3.24. The second-order valence-corrected chi connectivity index (χ2v) is 7.51. The van der Waals surface area contributed by atoms with Gasteiger partial charge in [0.25, 0.3) is 5.91 Å². The number of piperazine rings is 1. The number of rotatable bonds is 5. The van der Waals surface area contributed by atoms with E-state index in [4.69, 9.17) is 13.9 Å². The molecule has 3 heterocycles. The first-order valence-corrected chi connectivity index (χ1v) is 10.2. The van der Waals surface area contributed by atoms with Crippen molar-refractivity contribution in [2.75, 3.05) is 45.3 Å². The Bertz CT molecular complexity index is 1030. The average molecular weight is 473 g/mol. The number of hydrogen-bond acceptors (Lipinski definition) is 7. The van der Waals surface area contributed by atoms with E-state index < -0.39 is 0 Å². The summed E-state index contributed by atoms with van der Waals surface area (Å²) in [6, 6.07) is 12.8. The van der Waals surface area contributed by atoms with E-state index in [-0.39, 0.29) is 5.91 Å². The second kappa shape index (κ2) is 8.74. The molecule has 8 nitrogen and oxygen atoms in total. The quantitative estimate of drug-likeness (QED) is 0.562. The summed E-state index contributed by atoms with van der Waals surface area (Å²) >= 11 is 3.23. The Hall–Kier alpha value is -3.07. The molecule has 1 aromatic carbocycles. The number of carbonyl (C=O) groups excluding carboxylic acids is 1. The van der Waals surface area contributed by atoms with E-state index >= 15 is 0 Å². The normalized spacial score (nSPS) is 14.0. The number of furan rings is 1. The molecule has 1 aliphatic rings. The van der Waals surface area contributed by atoms with Gasteiger partial charge in [-0.2, -0.15) is 0 Å². The van der Waals surface area contributed by atoms with Crippen molar-refractivity contribution in [3.05, 3.63) is 52.9 Å². The maximum absolute atomic E-state index is 12.5. The van der Waals surface area contributed by atoms with E-state index in [0.717, 1.165) is 17.1 Å². The first-order chi connectivity index (χ1) is 14.6. The van der Waals surface area contributed by atoms with Crippen molar-refractivity contribution in [1.29, 1.82) is 0 Å². The third kappa shape index (κ3) is 4.11. The zero-order valence-corrected chi connectivity index (χ0v) is 18.3. The van der Waals surface area contributed by atoms with Crippen molar-refractivity contribution in [2.45, 2.75) is 0 Å². The Balaban J connectivity index is 1.44. The minimum atomic E-state index is -0.105. The number of halogens is 1. The Kier molecular flexibility index (Phi) is 5.89. The third-order valence-corrected chi connectivity index (χ3v) is 5.43. The van der Waals surface area contributed by atoms with Crippen LogP contribution in [0.4, 0.5) is 5.82 Å². The summed E-state index contributed by atoms with van der Waals surface area (Å²) in [4.78, 5) is 16.4. The lowest BCUT2D eigenvalue weighted by Gasteiger charge is -2.34. The van der Waals surface area contributed by atoms with Gasteiger partial charge in [-0.1, -0.05) is 0 Å². The molecule has 9 heteroatoms. The van der Waals surface area contributed by atoms with Gasteiger partial charge in [0, 0.05) is 31.7 Å². The van der Waals surface area contributed by atoms with Gasteiger partial charge in [-0.25, -0.2) is 0 Å². The molecular formula is C21H21BrN4O4. The van der Waals surface area contributed by atoms with E-state index in [1.807, 2.05) is 30.3 Å². The SMILES string of the molecule is COc1ccc(OC)c(-c2ccc(N3CCN(C(=O)c4ccc(Br)o4)CC3)nn2)c1. The molecule has 0 unspecified atom stereocenters. The van der Waals surface area contributed by atoms with Crippen LogP contribution in [-0.2, 0) is 0 Å². The summed E-state index contributed by atoms with van der Waals surface area (Å²) in [5.41, 5.74) is 1.52. The van der Waals surface area contributed by atoms with Gasteiger partial charge in [0.15, 0.2) is 16.2 Å². The summed E-state index contributed by atoms with van der Waals surface area (Å²) < 4.78 is 16.7. The number of methoxy groups -OCH3 is 2. The number of hydrogen-bond donors (Lipinski definition) is 0. The van der Waals surface area contributed by atoms with Gasteiger partial charge in [-0.15, -0.1) is 10.2 Å². The molecule has 0 atom stereocenters. The number of carbonyl (C=O) groups is 1. The lowest BCUT2D eigenvalue weighted by atomic mass is 10.1. The molecule has 156 valence electrons. The molecule has 0 N–H and O–H groups in total. The highest BCUT2D eigenvalue weighted by molar-refractivity contribution is 9.10. The molecule has 1 aliphatic heterocycles. The first-order valence-electron chi connectivity index (χ1n) is 9.44. The summed E-state index contributed by atoms with van der Waals surface area (Å²) in [5, 5.41) is 8.78. The fourth-order valence-electron chi connectivity index (χ4n) is 3.38. The Labute approximate surface area is 182 Å². The van der Waals surface area contributed by atoms with Crippen LogP contribution in [0.25, 0.3) is 11.3 Å². The molecule has 0 spiro atoms. The molecule has 0 bridgehead atoms. The van der Waals surface area contributed by atoms with E-state index in [2.05, 4.69) is 31.0 Å². The molecular weight excluding hydrogens is 452 g/mol. The van der Waals surface area contributed by atoms with E-state index in [0.29, 0.717) is 48.1 Å². The third-order valence-electron chi connectivity index (χ3n) is 5.01. The van der Waals surface area contributed by atoms with Crippen LogP contribution in [0.5, 0.6) is 11.5 Å². The summed E-state index contributed by atoms with van der Waals surface area (Å²) in [6.45, 7) is 2.52. The van der Waals surface area contributed by atoms with Crippen molar-refractivity contribution in [3.8, 4) is 22.8 Å². The number of benzene rings is 1. The smallest absolute Gasteiger partial charge is 0.289 e. The van der Waals surface area contributed by atoms with Gasteiger partial charge in [0.1, 0.15) is 11.5 Å². The molecule has 0 radical (unpaired) electrons. The summed E-state index contributed by atoms with van der Waals surface area (Å²) in [6.07, 6.45) is 0. The Morgan fingerprint density at radius 2 is 1.80 bits per heavy atom. The maximum atomic E-state index is 12.5. The molecule has 1 fully saturated rings. The predicted octanol–water partition coefficient (Wildman–Crippen LogP) is 3.48. The summed E-state index contributed by atoms with van der Waals surface area (Å²) in [5.74, 6) is 2.43. The molecule has 3 aromatic rings. The zero-order valence-electron chi connectivity index (χ0n) is 16.7.